The number of rotatable bonds is 10. The molecule has 0 aromatic heterocycles. The summed E-state index contributed by atoms with van der Waals surface area (Å²) in [6.07, 6.45) is 6.79. The van der Waals surface area contributed by atoms with Gasteiger partial charge in [-0.05, 0) is 93.7 Å². The summed E-state index contributed by atoms with van der Waals surface area (Å²) in [7, 11) is -8.84. The zero-order valence-electron chi connectivity index (χ0n) is 24.4. The Morgan fingerprint density at radius 1 is 0.512 bits per heavy atom. The van der Waals surface area contributed by atoms with Gasteiger partial charge < -0.3 is 9.11 Å². The van der Waals surface area contributed by atoms with E-state index in [9.17, 15) is 25.9 Å². The van der Waals surface area contributed by atoms with Crippen molar-refractivity contribution in [1.29, 1.82) is 0 Å². The van der Waals surface area contributed by atoms with Crippen LogP contribution in [0.3, 0.4) is 0 Å². The maximum Gasteiger partial charge on any atom is 2.00 e. The maximum absolute atomic E-state index is 11.4. The van der Waals surface area contributed by atoms with E-state index in [0.29, 0.717) is 24.0 Å². The fraction of sp³-hybridized carbons (Fsp3) is 0.375. The Balaban J connectivity index is 0.000000280. The Morgan fingerprint density at radius 3 is 1.12 bits per heavy atom. The number of benzene rings is 4. The Morgan fingerprint density at radius 2 is 0.829 bits per heavy atom. The topological polar surface area (TPSA) is 114 Å². The fourth-order valence-electron chi connectivity index (χ4n) is 5.20. The third kappa shape index (κ3) is 9.23. The van der Waals surface area contributed by atoms with Gasteiger partial charge in [0.2, 0.25) is 0 Å². The summed E-state index contributed by atoms with van der Waals surface area (Å²) in [6.45, 7) is 8.18. The monoisotopic (exact) mass is 622 g/mol. The Bertz CT molecular complexity index is 1570. The normalized spacial score (nSPS) is 11.7. The van der Waals surface area contributed by atoms with Crippen LogP contribution in [-0.4, -0.2) is 63.7 Å². The molecule has 0 spiro atoms. The third-order valence-corrected chi connectivity index (χ3v) is 8.76. The molecule has 4 rings (SSSR count). The van der Waals surface area contributed by atoms with Crippen LogP contribution in [0.2, 0.25) is 0 Å². The van der Waals surface area contributed by atoms with Gasteiger partial charge >= 0.3 is 37.7 Å². The molecule has 216 valence electrons. The molecule has 0 bridgehead atoms. The molecule has 0 fully saturated rings. The Labute approximate surface area is 275 Å². The minimum Gasteiger partial charge on any atom is -0.744 e. The van der Waals surface area contributed by atoms with Crippen LogP contribution in [0.4, 0.5) is 0 Å². The summed E-state index contributed by atoms with van der Waals surface area (Å²) in [5.41, 5.74) is 3.69. The van der Waals surface area contributed by atoms with Crippen molar-refractivity contribution in [3.63, 3.8) is 0 Å². The van der Waals surface area contributed by atoms with E-state index in [4.69, 9.17) is 0 Å². The van der Waals surface area contributed by atoms with Gasteiger partial charge in [0.25, 0.3) is 0 Å². The second kappa shape index (κ2) is 15.8. The molecule has 0 aliphatic rings. The first-order valence-electron chi connectivity index (χ1n) is 13.9. The average molecular weight is 623 g/mol. The predicted molar refractivity (Wildman–Crippen MR) is 166 cm³/mol. The fourth-order valence-corrected chi connectivity index (χ4v) is 6.70. The zero-order chi connectivity index (χ0) is 29.5. The van der Waals surface area contributed by atoms with Crippen molar-refractivity contribution < 1.29 is 25.9 Å². The molecule has 4 aromatic carbocycles. The first-order valence-corrected chi connectivity index (χ1v) is 16.8. The van der Waals surface area contributed by atoms with Crippen LogP contribution in [0.15, 0.2) is 70.5 Å². The standard InChI is InChI=1S/2C16H20O3S.Ca/c2*1-3-6-12-8-5-9-13-11-16(20(17,18)19)14(7-4-2)10-15(12)13;/h2*5,8-11H,3-4,6-7H2,1-2H3,(H,17,18,19);/q;;+2/p-2. The van der Waals surface area contributed by atoms with Crippen molar-refractivity contribution in [3.8, 4) is 0 Å². The van der Waals surface area contributed by atoms with Crippen molar-refractivity contribution in [3.05, 3.63) is 82.9 Å². The van der Waals surface area contributed by atoms with E-state index in [1.54, 1.807) is 0 Å². The van der Waals surface area contributed by atoms with Crippen LogP contribution in [0, 0.1) is 0 Å². The van der Waals surface area contributed by atoms with Gasteiger partial charge in [-0.3, -0.25) is 0 Å². The molecule has 0 aliphatic carbocycles. The maximum atomic E-state index is 11.4. The summed E-state index contributed by atoms with van der Waals surface area (Å²) in [6, 6.07) is 18.5. The van der Waals surface area contributed by atoms with Crippen molar-refractivity contribution in [1.82, 2.24) is 0 Å². The first kappa shape index (κ1) is 35.7. The largest absolute Gasteiger partial charge is 2.00 e. The minimum atomic E-state index is -4.42. The van der Waals surface area contributed by atoms with Crippen LogP contribution in [0.25, 0.3) is 21.5 Å². The summed E-state index contributed by atoms with van der Waals surface area (Å²) in [5, 5.41) is 3.77. The SMILES string of the molecule is CCCc1cc2c(CCC)cccc2cc1S(=O)(=O)[O-].CCCc1cc2c(CCC)cccc2cc1S(=O)(=O)[O-].[Ca+2]. The smallest absolute Gasteiger partial charge is 0.744 e. The minimum absolute atomic E-state index is 0. The third-order valence-electron chi connectivity index (χ3n) is 6.92. The van der Waals surface area contributed by atoms with Crippen LogP contribution in [0.5, 0.6) is 0 Å². The molecule has 0 saturated heterocycles. The van der Waals surface area contributed by atoms with Gasteiger partial charge in [-0.1, -0.05) is 89.8 Å². The molecule has 0 saturated carbocycles. The van der Waals surface area contributed by atoms with E-state index >= 15 is 0 Å². The van der Waals surface area contributed by atoms with Gasteiger partial charge in [0.15, 0.2) is 0 Å². The van der Waals surface area contributed by atoms with Crippen LogP contribution in [0.1, 0.15) is 75.6 Å². The zero-order valence-corrected chi connectivity index (χ0v) is 28.2. The average Bonchev–Trinajstić information content (AvgIpc) is 2.89. The van der Waals surface area contributed by atoms with Crippen molar-refractivity contribution in [2.45, 2.75) is 88.9 Å². The molecule has 0 atom stereocenters. The van der Waals surface area contributed by atoms with Gasteiger partial charge in [-0.2, -0.15) is 0 Å². The molecule has 0 amide bonds. The van der Waals surface area contributed by atoms with Gasteiger partial charge in [0.05, 0.1) is 9.79 Å². The second-order valence-corrected chi connectivity index (χ2v) is 12.8. The van der Waals surface area contributed by atoms with Crippen molar-refractivity contribution in [2.24, 2.45) is 0 Å². The summed E-state index contributed by atoms with van der Waals surface area (Å²) in [5.74, 6) is 0. The number of hydrogen-bond donors (Lipinski definition) is 0. The number of hydrogen-bond acceptors (Lipinski definition) is 6. The molecule has 0 N–H and O–H groups in total. The molecule has 4 aromatic rings. The molecule has 41 heavy (non-hydrogen) atoms. The number of aryl methyl sites for hydroxylation is 4. The molecule has 9 heteroatoms. The molecule has 0 radical (unpaired) electrons. The summed E-state index contributed by atoms with van der Waals surface area (Å²) < 4.78 is 68.6. The van der Waals surface area contributed by atoms with E-state index < -0.39 is 20.2 Å². The van der Waals surface area contributed by atoms with Gasteiger partial charge in [0.1, 0.15) is 20.2 Å². The molecule has 0 heterocycles. The predicted octanol–water partition coefficient (Wildman–Crippen LogP) is 6.92. The molecule has 6 nitrogen and oxygen atoms in total. The van der Waals surface area contributed by atoms with E-state index in [2.05, 4.69) is 26.0 Å². The number of fused-ring (bicyclic) bond motifs is 2. The van der Waals surface area contributed by atoms with Gasteiger partial charge in [0, 0.05) is 0 Å². The van der Waals surface area contributed by atoms with E-state index in [-0.39, 0.29) is 47.5 Å². The Hall–Kier alpha value is -1.52. The molecular weight excluding hydrogens is 585 g/mol. The van der Waals surface area contributed by atoms with E-state index in [0.717, 1.165) is 60.1 Å². The molecular formula is C32H38CaO6S2. The molecule has 0 unspecified atom stereocenters. The van der Waals surface area contributed by atoms with Crippen LogP contribution in [-0.2, 0) is 45.9 Å². The van der Waals surface area contributed by atoms with E-state index in [1.807, 2.05) is 50.2 Å². The second-order valence-electron chi connectivity index (χ2n) is 10.1. The summed E-state index contributed by atoms with van der Waals surface area (Å²) >= 11 is 0. The van der Waals surface area contributed by atoms with Crippen molar-refractivity contribution >= 4 is 79.5 Å². The van der Waals surface area contributed by atoms with Gasteiger partial charge in [-0.25, -0.2) is 16.8 Å². The van der Waals surface area contributed by atoms with Crippen LogP contribution < -0.4 is 0 Å². The summed E-state index contributed by atoms with van der Waals surface area (Å²) in [4.78, 5) is -0.138. The molecule has 0 aliphatic heterocycles. The Kier molecular flexibility index (Phi) is 13.8. The van der Waals surface area contributed by atoms with Crippen LogP contribution >= 0.6 is 0 Å². The first-order chi connectivity index (χ1) is 18.9. The van der Waals surface area contributed by atoms with Crippen molar-refractivity contribution in [2.75, 3.05) is 0 Å². The van der Waals surface area contributed by atoms with E-state index in [1.165, 1.54) is 23.3 Å². The van der Waals surface area contributed by atoms with Gasteiger partial charge in [-0.15, -0.1) is 0 Å². The quantitative estimate of drug-likeness (QED) is 0.140.